The monoisotopic (exact) mass is 533 g/mol. The highest BCUT2D eigenvalue weighted by Gasteiger charge is 2.54. The number of Topliss-reactive ketones (excluding diaryl/α,β-unsaturated/α-hetero) is 1. The average Bonchev–Trinajstić information content (AvgIpc) is 3.26. The number of nitrogen functional groups attached to an aromatic ring is 1. The van der Waals surface area contributed by atoms with E-state index in [2.05, 4.69) is 15.5 Å². The molecule has 1 fully saturated rings. The number of carbonyl (C=O) groups excluding carboxylic acids is 3. The van der Waals surface area contributed by atoms with Crippen LogP contribution in [0.4, 0.5) is 5.13 Å². The van der Waals surface area contributed by atoms with Gasteiger partial charge in [0.25, 0.3) is 11.8 Å². The molecule has 188 valence electrons. The van der Waals surface area contributed by atoms with Gasteiger partial charge in [0.05, 0.1) is 5.56 Å². The number of nitrogens with one attached hydrogen (secondary N) is 1. The van der Waals surface area contributed by atoms with Gasteiger partial charge in [0.1, 0.15) is 40.9 Å². The topological polar surface area (TPSA) is 205 Å². The van der Waals surface area contributed by atoms with Crippen LogP contribution in [0.25, 0.3) is 0 Å². The number of ketones is 1. The third-order valence-electron chi connectivity index (χ3n) is 5.38. The number of phenolic OH excluding ortho intramolecular Hbond substituents is 1. The van der Waals surface area contributed by atoms with E-state index in [9.17, 15) is 34.6 Å². The molecule has 2 atom stereocenters. The van der Waals surface area contributed by atoms with Crippen LogP contribution in [0.15, 0.2) is 40.0 Å². The minimum Gasteiger partial charge on any atom is -0.507 e. The molecule has 1 aromatic carbocycles. The molecule has 0 bridgehead atoms. The van der Waals surface area contributed by atoms with E-state index in [4.69, 9.17) is 10.5 Å². The summed E-state index contributed by atoms with van der Waals surface area (Å²) in [5.74, 6) is -3.07. The molecular weight excluding hydrogens is 514 g/mol. The summed E-state index contributed by atoms with van der Waals surface area (Å²) in [6, 6.07) is 3.05. The number of anilines is 1. The maximum Gasteiger partial charge on any atom is 0.352 e. The predicted molar refractivity (Wildman–Crippen MR) is 128 cm³/mol. The number of carbonyl (C=O) groups is 4. The van der Waals surface area contributed by atoms with Crippen LogP contribution in [-0.4, -0.2) is 78.4 Å². The third kappa shape index (κ3) is 4.57. The normalized spacial score (nSPS) is 19.4. The first kappa shape index (κ1) is 25.0. The minimum absolute atomic E-state index is 0.0327. The number of oxime groups is 1. The standard InChI is InChI=1S/C21H19N5O8S2/c1-8(27)11-3-2-10(4-13(11)28)34-5-9-6-35-19-15(18(30)26(19)16(9)20(31)32)24-17(29)14(25-33)12-7-36-21(22)23-12/h2-4,7,15,19,28,33H,5-6H2,1H3,(H2,22,23)(H,24,29)(H,31,32)/t15?,19-/m0/s1. The molecule has 15 heteroatoms. The van der Waals surface area contributed by atoms with E-state index >= 15 is 0 Å². The summed E-state index contributed by atoms with van der Waals surface area (Å²) in [6.45, 7) is 1.12. The summed E-state index contributed by atoms with van der Waals surface area (Å²) in [4.78, 5) is 53.8. The molecule has 36 heavy (non-hydrogen) atoms. The van der Waals surface area contributed by atoms with Crippen LogP contribution >= 0.6 is 23.1 Å². The molecule has 1 unspecified atom stereocenters. The fourth-order valence-electron chi connectivity index (χ4n) is 3.68. The number of benzene rings is 1. The number of thiazole rings is 1. The Kier molecular flexibility index (Phi) is 6.85. The second-order valence-electron chi connectivity index (χ2n) is 7.66. The summed E-state index contributed by atoms with van der Waals surface area (Å²) in [7, 11) is 0. The molecular formula is C21H19N5O8S2. The van der Waals surface area contributed by atoms with E-state index in [0.717, 1.165) is 16.2 Å². The smallest absolute Gasteiger partial charge is 0.352 e. The number of aromatic hydroxyl groups is 1. The number of carboxylic acids is 1. The zero-order valence-electron chi connectivity index (χ0n) is 18.5. The quantitative estimate of drug-likeness (QED) is 0.105. The summed E-state index contributed by atoms with van der Waals surface area (Å²) >= 11 is 2.25. The van der Waals surface area contributed by atoms with Gasteiger partial charge in [0, 0.05) is 22.8 Å². The Hall–Kier alpha value is -4.11. The lowest BCUT2D eigenvalue weighted by molar-refractivity contribution is -0.150. The number of phenols is 1. The fraction of sp³-hybridized carbons (Fsp3) is 0.238. The number of thioether (sulfide) groups is 1. The number of aliphatic carboxylic acids is 1. The van der Waals surface area contributed by atoms with Gasteiger partial charge in [-0.15, -0.1) is 23.1 Å². The number of β-lactam (4-membered cyclic amide) rings is 1. The average molecular weight is 534 g/mol. The summed E-state index contributed by atoms with van der Waals surface area (Å²) in [5, 5.41) is 35.3. The highest BCUT2D eigenvalue weighted by atomic mass is 32.2. The van der Waals surface area contributed by atoms with Crippen molar-refractivity contribution < 1.29 is 39.3 Å². The molecule has 13 nitrogen and oxygen atoms in total. The fourth-order valence-corrected chi connectivity index (χ4v) is 5.56. The highest BCUT2D eigenvalue weighted by molar-refractivity contribution is 8.00. The van der Waals surface area contributed by atoms with Gasteiger partial charge in [-0.1, -0.05) is 5.16 Å². The molecule has 2 aromatic rings. The number of nitrogens with zero attached hydrogens (tertiary/aromatic N) is 3. The van der Waals surface area contributed by atoms with Crippen LogP contribution in [0.3, 0.4) is 0 Å². The maximum atomic E-state index is 12.8. The molecule has 0 radical (unpaired) electrons. The second-order valence-corrected chi connectivity index (χ2v) is 9.66. The Morgan fingerprint density at radius 3 is 2.69 bits per heavy atom. The number of hydrogen-bond donors (Lipinski definition) is 5. The highest BCUT2D eigenvalue weighted by Crippen LogP contribution is 2.40. The molecule has 2 aliphatic heterocycles. The lowest BCUT2D eigenvalue weighted by atomic mass is 10.0. The molecule has 0 aliphatic carbocycles. The summed E-state index contributed by atoms with van der Waals surface area (Å²) < 4.78 is 5.60. The lowest BCUT2D eigenvalue weighted by Gasteiger charge is -2.49. The van der Waals surface area contributed by atoms with E-state index in [1.807, 2.05) is 0 Å². The van der Waals surface area contributed by atoms with Crippen molar-refractivity contribution in [3.8, 4) is 11.5 Å². The Morgan fingerprint density at radius 1 is 1.36 bits per heavy atom. The lowest BCUT2D eigenvalue weighted by Crippen LogP contribution is -2.71. The van der Waals surface area contributed by atoms with Crippen molar-refractivity contribution in [2.24, 2.45) is 5.16 Å². The molecule has 1 saturated heterocycles. The zero-order valence-corrected chi connectivity index (χ0v) is 20.1. The SMILES string of the molecule is CC(=O)c1ccc(OCC2=C(C(=O)O)N3C(=O)C(NC(=O)C(=NO)c4csc(N)n4)[C@@H]3SC2)cc1O. The van der Waals surface area contributed by atoms with Crippen LogP contribution in [0.1, 0.15) is 23.0 Å². The van der Waals surface area contributed by atoms with Crippen LogP contribution in [0.2, 0.25) is 0 Å². The van der Waals surface area contributed by atoms with Crippen molar-refractivity contribution in [2.45, 2.75) is 18.3 Å². The molecule has 4 rings (SSSR count). The van der Waals surface area contributed by atoms with Gasteiger partial charge in [-0.05, 0) is 19.1 Å². The summed E-state index contributed by atoms with van der Waals surface area (Å²) in [6.07, 6.45) is 0. The third-order valence-corrected chi connectivity index (χ3v) is 7.39. The largest absolute Gasteiger partial charge is 0.507 e. The Morgan fingerprint density at radius 2 is 2.11 bits per heavy atom. The van der Waals surface area contributed by atoms with E-state index in [1.54, 1.807) is 0 Å². The maximum absolute atomic E-state index is 12.8. The van der Waals surface area contributed by atoms with Crippen molar-refractivity contribution in [1.82, 2.24) is 15.2 Å². The van der Waals surface area contributed by atoms with Gasteiger partial charge in [0.15, 0.2) is 16.6 Å². The first-order chi connectivity index (χ1) is 17.1. The van der Waals surface area contributed by atoms with Crippen LogP contribution in [0.5, 0.6) is 11.5 Å². The predicted octanol–water partition coefficient (Wildman–Crippen LogP) is 0.629. The van der Waals surface area contributed by atoms with Gasteiger partial charge in [-0.2, -0.15) is 0 Å². The molecule has 0 spiro atoms. The summed E-state index contributed by atoms with van der Waals surface area (Å²) in [5.41, 5.74) is 5.31. The van der Waals surface area contributed by atoms with Crippen LogP contribution in [0, 0.1) is 0 Å². The number of amides is 2. The van der Waals surface area contributed by atoms with Gasteiger partial charge in [-0.3, -0.25) is 19.3 Å². The van der Waals surface area contributed by atoms with Crippen molar-refractivity contribution in [2.75, 3.05) is 18.1 Å². The van der Waals surface area contributed by atoms with E-state index in [1.165, 1.54) is 42.3 Å². The van der Waals surface area contributed by atoms with E-state index < -0.39 is 34.9 Å². The van der Waals surface area contributed by atoms with Crippen molar-refractivity contribution >= 4 is 57.5 Å². The van der Waals surface area contributed by atoms with Gasteiger partial charge in [0.2, 0.25) is 0 Å². The number of hydrogen-bond acceptors (Lipinski definition) is 12. The Bertz CT molecular complexity index is 1340. The number of nitrogens with two attached hydrogens (primary N) is 1. The molecule has 0 saturated carbocycles. The van der Waals surface area contributed by atoms with Crippen molar-refractivity contribution in [1.29, 1.82) is 0 Å². The van der Waals surface area contributed by atoms with E-state index in [0.29, 0.717) is 5.57 Å². The molecule has 3 heterocycles. The van der Waals surface area contributed by atoms with Gasteiger partial charge >= 0.3 is 5.97 Å². The molecule has 6 N–H and O–H groups in total. The first-order valence-corrected chi connectivity index (χ1v) is 12.2. The van der Waals surface area contributed by atoms with Crippen LogP contribution in [-0.2, 0) is 14.4 Å². The number of aromatic nitrogens is 1. The molecule has 1 aromatic heterocycles. The molecule has 2 amide bonds. The van der Waals surface area contributed by atoms with Crippen molar-refractivity contribution in [3.63, 3.8) is 0 Å². The number of rotatable bonds is 8. The van der Waals surface area contributed by atoms with Crippen molar-refractivity contribution in [3.05, 3.63) is 46.1 Å². The minimum atomic E-state index is -1.35. The Balaban J connectivity index is 1.47. The Labute approximate surface area is 211 Å². The second kappa shape index (κ2) is 9.87. The number of carboxylic acid groups (broad SMARTS) is 1. The number of fused-ring (bicyclic) bond motifs is 1. The van der Waals surface area contributed by atoms with Gasteiger partial charge < -0.3 is 31.2 Å². The molecule has 2 aliphatic rings. The first-order valence-electron chi connectivity index (χ1n) is 10.2. The zero-order chi connectivity index (χ0) is 26.1. The van der Waals surface area contributed by atoms with Crippen LogP contribution < -0.4 is 15.8 Å². The van der Waals surface area contributed by atoms with E-state index in [-0.39, 0.29) is 51.7 Å². The van der Waals surface area contributed by atoms with Gasteiger partial charge in [-0.25, -0.2) is 9.78 Å². The number of ether oxygens (including phenoxy) is 1.